The summed E-state index contributed by atoms with van der Waals surface area (Å²) in [7, 11) is 0.0310. The molecule has 0 aromatic carbocycles. The lowest BCUT2D eigenvalue weighted by atomic mass is 9.89. The van der Waals surface area contributed by atoms with E-state index < -0.39 is 10.0 Å². The second-order valence-electron chi connectivity index (χ2n) is 7.65. The zero-order valence-electron chi connectivity index (χ0n) is 16.8. The molecule has 1 fully saturated rings. The Labute approximate surface area is 161 Å². The van der Waals surface area contributed by atoms with Gasteiger partial charge in [-0.15, -0.1) is 0 Å². The first-order valence-corrected chi connectivity index (χ1v) is 10.6. The van der Waals surface area contributed by atoms with Gasteiger partial charge in [0.15, 0.2) is 5.96 Å². The van der Waals surface area contributed by atoms with Crippen LogP contribution >= 0.6 is 0 Å². The third-order valence-corrected chi connectivity index (χ3v) is 6.47. The zero-order chi connectivity index (χ0) is 20.1. The van der Waals surface area contributed by atoms with Gasteiger partial charge in [-0.3, -0.25) is 4.99 Å². The molecule has 0 bridgehead atoms. The van der Waals surface area contributed by atoms with Gasteiger partial charge in [0.2, 0.25) is 10.0 Å². The number of rotatable bonds is 6. The zero-order valence-corrected chi connectivity index (χ0v) is 17.6. The van der Waals surface area contributed by atoms with Crippen molar-refractivity contribution in [1.82, 2.24) is 19.7 Å². The van der Waals surface area contributed by atoms with E-state index in [1.54, 1.807) is 20.2 Å². The minimum absolute atomic E-state index is 0.00843. The van der Waals surface area contributed by atoms with Crippen LogP contribution in [-0.4, -0.2) is 81.7 Å². The molecule has 2 rings (SSSR count). The Morgan fingerprint density at radius 3 is 2.52 bits per heavy atom. The summed E-state index contributed by atoms with van der Waals surface area (Å²) < 4.78 is 36.8. The van der Waals surface area contributed by atoms with Crippen LogP contribution in [0.1, 0.15) is 26.5 Å². The fraction of sp³-hybridized carbons (Fsp3) is 0.765. The van der Waals surface area contributed by atoms with Gasteiger partial charge >= 0.3 is 0 Å². The van der Waals surface area contributed by atoms with E-state index >= 15 is 0 Å². The van der Waals surface area contributed by atoms with E-state index in [0.717, 1.165) is 5.96 Å². The van der Waals surface area contributed by atoms with Crippen LogP contribution in [0.15, 0.2) is 21.8 Å². The van der Waals surface area contributed by atoms with Crippen molar-refractivity contribution in [2.45, 2.75) is 32.6 Å². The van der Waals surface area contributed by atoms with Crippen molar-refractivity contribution >= 4 is 16.0 Å². The summed E-state index contributed by atoms with van der Waals surface area (Å²) in [5.41, 5.74) is 0.428. The van der Waals surface area contributed by atoms with Gasteiger partial charge in [0.1, 0.15) is 12.0 Å². The highest BCUT2D eigenvalue weighted by Crippen LogP contribution is 2.21. The van der Waals surface area contributed by atoms with Crippen LogP contribution in [0.3, 0.4) is 0 Å². The Morgan fingerprint density at radius 2 is 2.04 bits per heavy atom. The van der Waals surface area contributed by atoms with Crippen LogP contribution in [-0.2, 0) is 20.5 Å². The van der Waals surface area contributed by atoms with Gasteiger partial charge in [-0.1, -0.05) is 25.9 Å². The quantitative estimate of drug-likeness (QED) is 0.555. The van der Waals surface area contributed by atoms with Crippen molar-refractivity contribution in [3.8, 4) is 0 Å². The largest absolute Gasteiger partial charge is 0.379 e. The minimum Gasteiger partial charge on any atom is -0.379 e. The number of aliphatic imine (C=N–C) groups is 1. The molecular weight excluding hydrogens is 370 g/mol. The number of ether oxygens (including phenoxy) is 1. The lowest BCUT2D eigenvalue weighted by Gasteiger charge is -2.37. The third kappa shape index (κ3) is 5.91. The molecule has 1 aromatic heterocycles. The normalized spacial score (nSPS) is 18.6. The molecule has 1 aliphatic heterocycles. The highest BCUT2D eigenvalue weighted by atomic mass is 32.2. The topological polar surface area (TPSA) is 100 Å². The van der Waals surface area contributed by atoms with Crippen LogP contribution < -0.4 is 5.32 Å². The van der Waals surface area contributed by atoms with Gasteiger partial charge in [-0.2, -0.15) is 4.31 Å². The minimum atomic E-state index is -3.41. The summed E-state index contributed by atoms with van der Waals surface area (Å²) in [6.45, 7) is 8.99. The summed E-state index contributed by atoms with van der Waals surface area (Å²) in [5.74, 6) is 0.618. The van der Waals surface area contributed by atoms with E-state index in [4.69, 9.17) is 9.26 Å². The van der Waals surface area contributed by atoms with Crippen molar-refractivity contribution in [3.05, 3.63) is 18.0 Å². The van der Waals surface area contributed by atoms with Crippen LogP contribution in [0, 0.1) is 5.41 Å². The van der Waals surface area contributed by atoms with E-state index in [0.29, 0.717) is 38.4 Å². The smallest absolute Gasteiger partial charge is 0.220 e. The third-order valence-electron chi connectivity index (χ3n) is 4.66. The Hall–Kier alpha value is -1.65. The van der Waals surface area contributed by atoms with E-state index in [1.807, 2.05) is 0 Å². The highest BCUT2D eigenvalue weighted by Gasteiger charge is 2.30. The Balaban J connectivity index is 1.89. The first-order chi connectivity index (χ1) is 12.7. The molecule has 9 nitrogen and oxygen atoms in total. The van der Waals surface area contributed by atoms with Gasteiger partial charge in [0.05, 0.1) is 11.8 Å². The highest BCUT2D eigenvalue weighted by molar-refractivity contribution is 7.88. The van der Waals surface area contributed by atoms with Gasteiger partial charge < -0.3 is 19.5 Å². The maximum Gasteiger partial charge on any atom is 0.220 e. The Kier molecular flexibility index (Phi) is 7.24. The number of guanidine groups is 1. The van der Waals surface area contributed by atoms with Gasteiger partial charge in [-0.05, 0) is 5.41 Å². The number of piperazine rings is 1. The second kappa shape index (κ2) is 9.03. The summed E-state index contributed by atoms with van der Waals surface area (Å²) in [6, 6.07) is 1.57. The number of nitrogens with one attached hydrogen (secondary N) is 1. The predicted molar refractivity (Wildman–Crippen MR) is 104 cm³/mol. The Bertz CT molecular complexity index is 704. The van der Waals surface area contributed by atoms with Crippen LogP contribution in [0.5, 0.6) is 0 Å². The molecule has 1 atom stereocenters. The van der Waals surface area contributed by atoms with Crippen molar-refractivity contribution in [2.75, 3.05) is 46.9 Å². The van der Waals surface area contributed by atoms with Gasteiger partial charge in [-0.25, -0.2) is 8.42 Å². The summed E-state index contributed by atoms with van der Waals surface area (Å²) in [5, 5.41) is 7.04. The van der Waals surface area contributed by atoms with E-state index in [9.17, 15) is 8.42 Å². The first kappa shape index (κ1) is 21.6. The molecule has 0 saturated carbocycles. The average Bonchev–Trinajstić information content (AvgIpc) is 3.10. The maximum atomic E-state index is 12.5. The fourth-order valence-corrected chi connectivity index (χ4v) is 4.45. The second-order valence-corrected chi connectivity index (χ2v) is 9.62. The van der Waals surface area contributed by atoms with Crippen LogP contribution in [0.25, 0.3) is 0 Å². The molecule has 1 unspecified atom stereocenters. The number of hydrogen-bond donors (Lipinski definition) is 1. The molecular formula is C17H31N5O4S. The average molecular weight is 402 g/mol. The SMILES string of the molecule is CN=C(NCC(OC)C(C)(C)C)N1CCN(S(=O)(=O)Cc2ccon2)CC1. The predicted octanol–water partition coefficient (Wildman–Crippen LogP) is 0.759. The molecule has 1 aliphatic rings. The van der Waals surface area contributed by atoms with Crippen molar-refractivity contribution in [1.29, 1.82) is 0 Å². The number of methoxy groups -OCH3 is 1. The molecule has 1 saturated heterocycles. The maximum absolute atomic E-state index is 12.5. The van der Waals surface area contributed by atoms with Crippen LogP contribution in [0.2, 0.25) is 0 Å². The molecule has 27 heavy (non-hydrogen) atoms. The van der Waals surface area contributed by atoms with Crippen molar-refractivity contribution < 1.29 is 17.7 Å². The summed E-state index contributed by atoms with van der Waals surface area (Å²) in [6.07, 6.45) is 1.42. The van der Waals surface area contributed by atoms with E-state index in [-0.39, 0.29) is 17.3 Å². The molecule has 10 heteroatoms. The van der Waals surface area contributed by atoms with E-state index in [1.165, 1.54) is 10.6 Å². The molecule has 0 spiro atoms. The number of sulfonamides is 1. The monoisotopic (exact) mass is 401 g/mol. The number of hydrogen-bond acceptors (Lipinski definition) is 6. The molecule has 0 amide bonds. The molecule has 1 aromatic rings. The van der Waals surface area contributed by atoms with Gasteiger partial charge in [0, 0.05) is 52.9 Å². The first-order valence-electron chi connectivity index (χ1n) is 9.03. The standard InChI is InChI=1S/C17H31N5O4S/c1-17(2,3)15(25-5)12-19-16(18-4)21-7-9-22(10-8-21)27(23,24)13-14-6-11-26-20-14/h6,11,15H,7-10,12-13H2,1-5H3,(H,18,19). The lowest BCUT2D eigenvalue weighted by Crippen LogP contribution is -2.55. The molecule has 154 valence electrons. The molecule has 1 N–H and O–H groups in total. The number of aromatic nitrogens is 1. The summed E-state index contributed by atoms with van der Waals surface area (Å²) in [4.78, 5) is 6.40. The fourth-order valence-electron chi connectivity index (χ4n) is 3.03. The molecule has 2 heterocycles. The lowest BCUT2D eigenvalue weighted by molar-refractivity contribution is 0.0200. The molecule has 0 aliphatic carbocycles. The Morgan fingerprint density at radius 1 is 1.37 bits per heavy atom. The summed E-state index contributed by atoms with van der Waals surface area (Å²) >= 11 is 0. The van der Waals surface area contributed by atoms with Crippen molar-refractivity contribution in [2.24, 2.45) is 10.4 Å². The molecule has 0 radical (unpaired) electrons. The number of nitrogens with zero attached hydrogens (tertiary/aromatic N) is 4. The van der Waals surface area contributed by atoms with Crippen LogP contribution in [0.4, 0.5) is 0 Å². The van der Waals surface area contributed by atoms with Gasteiger partial charge in [0.25, 0.3) is 0 Å². The van der Waals surface area contributed by atoms with E-state index in [2.05, 4.69) is 41.1 Å². The van der Waals surface area contributed by atoms with Crippen molar-refractivity contribution in [3.63, 3.8) is 0 Å².